The summed E-state index contributed by atoms with van der Waals surface area (Å²) in [6.07, 6.45) is 0.717. The number of hydrogen-bond acceptors (Lipinski definition) is 3. The summed E-state index contributed by atoms with van der Waals surface area (Å²) in [6, 6.07) is 4.50. The Morgan fingerprint density at radius 2 is 2.37 bits per heavy atom. The largest absolute Gasteiger partial charge is 0.389 e. The third-order valence-electron chi connectivity index (χ3n) is 3.09. The van der Waals surface area contributed by atoms with E-state index >= 15 is 0 Å². The topological polar surface area (TPSA) is 64.3 Å². The maximum atomic E-state index is 13.7. The molecule has 0 aromatic heterocycles. The van der Waals surface area contributed by atoms with Crippen molar-refractivity contribution in [1.29, 1.82) is 0 Å². The lowest BCUT2D eigenvalue weighted by atomic mass is 10.1. The number of halogens is 1. The third kappa shape index (κ3) is 3.48. The fraction of sp³-hybridized carbons (Fsp3) is 0.385. The molecule has 0 spiro atoms. The average Bonchev–Trinajstić information content (AvgIpc) is 2.90. The van der Waals surface area contributed by atoms with Crippen molar-refractivity contribution in [1.82, 2.24) is 5.32 Å². The van der Waals surface area contributed by atoms with Crippen molar-refractivity contribution >= 4 is 23.1 Å². The molecule has 19 heavy (non-hydrogen) atoms. The summed E-state index contributed by atoms with van der Waals surface area (Å²) in [4.78, 5) is 11.9. The first-order valence-corrected chi connectivity index (χ1v) is 6.42. The van der Waals surface area contributed by atoms with Gasteiger partial charge in [-0.25, -0.2) is 4.39 Å². The molecule has 1 amide bonds. The molecule has 1 aliphatic heterocycles. The number of rotatable bonds is 4. The van der Waals surface area contributed by atoms with Gasteiger partial charge in [-0.3, -0.25) is 4.79 Å². The monoisotopic (exact) mass is 282 g/mol. The minimum absolute atomic E-state index is 0.102. The highest BCUT2D eigenvalue weighted by Crippen LogP contribution is 2.14. The first-order valence-electron chi connectivity index (χ1n) is 6.01. The fourth-order valence-electron chi connectivity index (χ4n) is 1.91. The van der Waals surface area contributed by atoms with Gasteiger partial charge >= 0.3 is 0 Å². The van der Waals surface area contributed by atoms with Crippen molar-refractivity contribution in [3.05, 3.63) is 35.1 Å². The van der Waals surface area contributed by atoms with Crippen molar-refractivity contribution in [2.24, 2.45) is 11.7 Å². The molecule has 4 nitrogen and oxygen atoms in total. The molecule has 1 saturated heterocycles. The zero-order valence-electron chi connectivity index (χ0n) is 10.3. The van der Waals surface area contributed by atoms with Crippen LogP contribution < -0.4 is 11.1 Å². The lowest BCUT2D eigenvalue weighted by Gasteiger charge is -2.10. The van der Waals surface area contributed by atoms with Crippen LogP contribution in [0.15, 0.2) is 18.2 Å². The molecule has 1 fully saturated rings. The van der Waals surface area contributed by atoms with Gasteiger partial charge < -0.3 is 15.8 Å². The predicted molar refractivity (Wildman–Crippen MR) is 73.1 cm³/mol. The Hall–Kier alpha value is -1.53. The summed E-state index contributed by atoms with van der Waals surface area (Å²) in [6.45, 7) is 1.20. The maximum Gasteiger partial charge on any atom is 0.225 e. The van der Waals surface area contributed by atoms with E-state index in [2.05, 4.69) is 5.32 Å². The molecule has 2 rings (SSSR count). The minimum atomic E-state index is -0.423. The molecule has 3 N–H and O–H groups in total. The molecule has 1 heterocycles. The minimum Gasteiger partial charge on any atom is -0.389 e. The summed E-state index contributed by atoms with van der Waals surface area (Å²) in [7, 11) is 0. The Kier molecular flexibility index (Phi) is 4.44. The van der Waals surface area contributed by atoms with Gasteiger partial charge in [0.2, 0.25) is 5.91 Å². The Bertz CT molecular complexity index is 501. The van der Waals surface area contributed by atoms with Crippen molar-refractivity contribution in [3.63, 3.8) is 0 Å². The molecule has 1 atom stereocenters. The van der Waals surface area contributed by atoms with Gasteiger partial charge in [0, 0.05) is 24.3 Å². The summed E-state index contributed by atoms with van der Waals surface area (Å²) >= 11 is 4.77. The molecular formula is C13H15FN2O2S. The van der Waals surface area contributed by atoms with Crippen LogP contribution in [0.5, 0.6) is 0 Å². The number of thiocarbonyl (C=S) groups is 1. The second kappa shape index (κ2) is 6.08. The van der Waals surface area contributed by atoms with Gasteiger partial charge in [0.1, 0.15) is 10.8 Å². The number of nitrogens with two attached hydrogens (primary N) is 1. The van der Waals surface area contributed by atoms with E-state index in [1.807, 2.05) is 0 Å². The van der Waals surface area contributed by atoms with Crippen LogP contribution in [0.2, 0.25) is 0 Å². The lowest BCUT2D eigenvalue weighted by Crippen LogP contribution is -2.30. The van der Waals surface area contributed by atoms with Gasteiger partial charge in [0.25, 0.3) is 0 Å². The zero-order valence-corrected chi connectivity index (χ0v) is 11.1. The van der Waals surface area contributed by atoms with Crippen LogP contribution in [0.3, 0.4) is 0 Å². The number of amides is 1. The smallest absolute Gasteiger partial charge is 0.225 e. The molecule has 1 unspecified atom stereocenters. The van der Waals surface area contributed by atoms with Crippen LogP contribution >= 0.6 is 12.2 Å². The number of carbonyl (C=O) groups excluding carboxylic acids is 1. The molecule has 6 heteroatoms. The van der Waals surface area contributed by atoms with E-state index in [-0.39, 0.29) is 23.4 Å². The van der Waals surface area contributed by atoms with Gasteiger partial charge in [0.15, 0.2) is 0 Å². The van der Waals surface area contributed by atoms with E-state index in [9.17, 15) is 9.18 Å². The Morgan fingerprint density at radius 3 is 2.95 bits per heavy atom. The standard InChI is InChI=1S/C13H15FN2O2S/c14-11-5-8(12(15)19)1-2-9(11)6-16-13(17)10-3-4-18-7-10/h1-2,5,10H,3-4,6-7H2,(H2,15,19)(H,16,17). The van der Waals surface area contributed by atoms with Crippen molar-refractivity contribution < 1.29 is 13.9 Å². The fourth-order valence-corrected chi connectivity index (χ4v) is 2.04. The summed E-state index contributed by atoms with van der Waals surface area (Å²) in [5, 5.41) is 2.71. The number of hydrogen-bond donors (Lipinski definition) is 2. The van der Waals surface area contributed by atoms with E-state index < -0.39 is 5.82 Å². The number of nitrogens with one attached hydrogen (secondary N) is 1. The molecule has 0 bridgehead atoms. The average molecular weight is 282 g/mol. The Morgan fingerprint density at radius 1 is 1.58 bits per heavy atom. The SMILES string of the molecule is NC(=S)c1ccc(CNC(=O)C2CCOC2)c(F)c1. The van der Waals surface area contributed by atoms with Gasteiger partial charge in [-0.05, 0) is 12.5 Å². The van der Waals surface area contributed by atoms with Crippen LogP contribution in [0, 0.1) is 11.7 Å². The Balaban J connectivity index is 1.95. The maximum absolute atomic E-state index is 13.7. The second-order valence-corrected chi connectivity index (χ2v) is 4.89. The van der Waals surface area contributed by atoms with Crippen molar-refractivity contribution in [3.8, 4) is 0 Å². The highest BCUT2D eigenvalue weighted by molar-refractivity contribution is 7.80. The molecule has 1 aromatic carbocycles. The van der Waals surface area contributed by atoms with Gasteiger partial charge in [0.05, 0.1) is 12.5 Å². The van der Waals surface area contributed by atoms with E-state index in [0.29, 0.717) is 30.8 Å². The predicted octanol–water partition coefficient (Wildman–Crippen LogP) is 1.11. The van der Waals surface area contributed by atoms with Crippen LogP contribution in [-0.2, 0) is 16.1 Å². The van der Waals surface area contributed by atoms with Gasteiger partial charge in [-0.2, -0.15) is 0 Å². The normalized spacial score (nSPS) is 18.3. The quantitative estimate of drug-likeness (QED) is 0.812. The van der Waals surface area contributed by atoms with Crippen molar-refractivity contribution in [2.75, 3.05) is 13.2 Å². The highest BCUT2D eigenvalue weighted by Gasteiger charge is 2.23. The number of ether oxygens (including phenoxy) is 1. The first-order chi connectivity index (χ1) is 9.08. The highest BCUT2D eigenvalue weighted by atomic mass is 32.1. The van der Waals surface area contributed by atoms with E-state index in [1.165, 1.54) is 6.07 Å². The van der Waals surface area contributed by atoms with Gasteiger partial charge in [-0.1, -0.05) is 24.4 Å². The van der Waals surface area contributed by atoms with Crippen LogP contribution in [0.1, 0.15) is 17.5 Å². The number of carbonyl (C=O) groups is 1. The van der Waals surface area contributed by atoms with Crippen molar-refractivity contribution in [2.45, 2.75) is 13.0 Å². The van der Waals surface area contributed by atoms with E-state index in [0.717, 1.165) is 0 Å². The zero-order chi connectivity index (χ0) is 13.8. The molecule has 0 aliphatic carbocycles. The van der Waals surface area contributed by atoms with Crippen LogP contribution in [-0.4, -0.2) is 24.1 Å². The molecule has 1 aromatic rings. The second-order valence-electron chi connectivity index (χ2n) is 4.45. The summed E-state index contributed by atoms with van der Waals surface area (Å²) < 4.78 is 18.9. The first kappa shape index (κ1) is 13.9. The number of benzene rings is 1. The van der Waals surface area contributed by atoms with Crippen LogP contribution in [0.4, 0.5) is 4.39 Å². The lowest BCUT2D eigenvalue weighted by molar-refractivity contribution is -0.125. The third-order valence-corrected chi connectivity index (χ3v) is 3.33. The Labute approximate surface area is 116 Å². The molecular weight excluding hydrogens is 267 g/mol. The van der Waals surface area contributed by atoms with Gasteiger partial charge in [-0.15, -0.1) is 0 Å². The molecule has 102 valence electrons. The van der Waals surface area contributed by atoms with E-state index in [4.69, 9.17) is 22.7 Å². The van der Waals surface area contributed by atoms with E-state index in [1.54, 1.807) is 12.1 Å². The molecule has 0 radical (unpaired) electrons. The molecule has 1 aliphatic rings. The summed E-state index contributed by atoms with van der Waals surface area (Å²) in [5.41, 5.74) is 6.31. The van der Waals surface area contributed by atoms with Crippen LogP contribution in [0.25, 0.3) is 0 Å². The summed E-state index contributed by atoms with van der Waals surface area (Å²) in [5.74, 6) is -0.650. The molecule has 0 saturated carbocycles.